The van der Waals surface area contributed by atoms with Crippen LogP contribution in [0.15, 0.2) is 18.2 Å². The maximum absolute atomic E-state index is 11.5. The number of carbonyl (C=O) groups is 1. The second kappa shape index (κ2) is 5.32. The van der Waals surface area contributed by atoms with Crippen molar-refractivity contribution in [2.45, 2.75) is 39.3 Å². The molecule has 0 bridgehead atoms. The van der Waals surface area contributed by atoms with E-state index < -0.39 is 0 Å². The van der Waals surface area contributed by atoms with Crippen LogP contribution in [0.25, 0.3) is 0 Å². The summed E-state index contributed by atoms with van der Waals surface area (Å²) in [6.45, 7) is 5.35. The summed E-state index contributed by atoms with van der Waals surface area (Å²) in [7, 11) is 0. The Hall–Kier alpha value is -1.35. The predicted octanol–water partition coefficient (Wildman–Crippen LogP) is 1.67. The molecule has 0 unspecified atom stereocenters. The molecule has 92 valence electrons. The Morgan fingerprint density at radius 3 is 2.82 bits per heavy atom. The lowest BCUT2D eigenvalue weighted by molar-refractivity contribution is -0.120. The zero-order chi connectivity index (χ0) is 12.3. The average molecular weight is 232 g/mol. The molecule has 1 fully saturated rings. The molecule has 1 aliphatic carbocycles. The van der Waals surface area contributed by atoms with Crippen LogP contribution in [-0.2, 0) is 11.3 Å². The minimum Gasteiger partial charge on any atom is -0.352 e. The van der Waals surface area contributed by atoms with Gasteiger partial charge in [-0.2, -0.15) is 0 Å². The molecule has 1 aromatic rings. The molecule has 0 radical (unpaired) electrons. The van der Waals surface area contributed by atoms with Gasteiger partial charge in [0.25, 0.3) is 0 Å². The van der Waals surface area contributed by atoms with Crippen molar-refractivity contribution in [3.05, 3.63) is 34.9 Å². The van der Waals surface area contributed by atoms with E-state index in [1.165, 1.54) is 16.7 Å². The minimum atomic E-state index is 0.109. The van der Waals surface area contributed by atoms with E-state index in [4.69, 9.17) is 0 Å². The second-order valence-electron chi connectivity index (χ2n) is 4.88. The molecule has 1 aromatic carbocycles. The fraction of sp³-hybridized carbons (Fsp3) is 0.500. The molecule has 3 nitrogen and oxygen atoms in total. The van der Waals surface area contributed by atoms with Crippen molar-refractivity contribution in [1.29, 1.82) is 0 Å². The SMILES string of the molecule is Cc1ccc(C)c(CNCC(=O)NC2CC2)c1. The first-order valence-corrected chi connectivity index (χ1v) is 6.21. The monoisotopic (exact) mass is 232 g/mol. The smallest absolute Gasteiger partial charge is 0.234 e. The fourth-order valence-electron chi connectivity index (χ4n) is 1.81. The Labute approximate surface area is 103 Å². The Kier molecular flexibility index (Phi) is 3.79. The van der Waals surface area contributed by atoms with E-state index in [1.807, 2.05) is 0 Å². The van der Waals surface area contributed by atoms with Gasteiger partial charge in [-0.05, 0) is 37.8 Å². The van der Waals surface area contributed by atoms with Crippen molar-refractivity contribution in [2.75, 3.05) is 6.54 Å². The summed E-state index contributed by atoms with van der Waals surface area (Å²) >= 11 is 0. The first-order chi connectivity index (χ1) is 8.15. The molecule has 0 saturated heterocycles. The minimum absolute atomic E-state index is 0.109. The van der Waals surface area contributed by atoms with Gasteiger partial charge in [0, 0.05) is 12.6 Å². The van der Waals surface area contributed by atoms with E-state index in [0.29, 0.717) is 12.6 Å². The van der Waals surface area contributed by atoms with Crippen molar-refractivity contribution >= 4 is 5.91 Å². The van der Waals surface area contributed by atoms with E-state index in [2.05, 4.69) is 42.7 Å². The van der Waals surface area contributed by atoms with Gasteiger partial charge in [0.2, 0.25) is 5.91 Å². The van der Waals surface area contributed by atoms with Crippen molar-refractivity contribution in [3.8, 4) is 0 Å². The van der Waals surface area contributed by atoms with Crippen LogP contribution in [0, 0.1) is 13.8 Å². The molecule has 0 spiro atoms. The highest BCUT2D eigenvalue weighted by Gasteiger charge is 2.22. The Bertz CT molecular complexity index is 411. The molecule has 1 amide bonds. The second-order valence-corrected chi connectivity index (χ2v) is 4.88. The van der Waals surface area contributed by atoms with Gasteiger partial charge in [-0.25, -0.2) is 0 Å². The number of hydrogen-bond acceptors (Lipinski definition) is 2. The summed E-state index contributed by atoms with van der Waals surface area (Å²) in [5.41, 5.74) is 3.80. The first-order valence-electron chi connectivity index (χ1n) is 6.21. The van der Waals surface area contributed by atoms with Gasteiger partial charge in [-0.15, -0.1) is 0 Å². The summed E-state index contributed by atoms with van der Waals surface area (Å²) < 4.78 is 0. The van der Waals surface area contributed by atoms with Crippen LogP contribution in [0.2, 0.25) is 0 Å². The summed E-state index contributed by atoms with van der Waals surface area (Å²) in [6, 6.07) is 6.85. The average Bonchev–Trinajstić information content (AvgIpc) is 3.07. The topological polar surface area (TPSA) is 41.1 Å². The number of aryl methyl sites for hydroxylation is 2. The molecule has 0 heterocycles. The van der Waals surface area contributed by atoms with Crippen molar-refractivity contribution in [2.24, 2.45) is 0 Å². The number of rotatable bonds is 5. The molecular weight excluding hydrogens is 212 g/mol. The molecular formula is C14H20N2O. The zero-order valence-corrected chi connectivity index (χ0v) is 10.5. The van der Waals surface area contributed by atoms with Crippen LogP contribution in [0.4, 0.5) is 0 Å². The normalized spacial score (nSPS) is 14.7. The fourth-order valence-corrected chi connectivity index (χ4v) is 1.81. The summed E-state index contributed by atoms with van der Waals surface area (Å²) in [5.74, 6) is 0.109. The molecule has 2 N–H and O–H groups in total. The largest absolute Gasteiger partial charge is 0.352 e. The van der Waals surface area contributed by atoms with Gasteiger partial charge in [-0.3, -0.25) is 4.79 Å². The molecule has 0 atom stereocenters. The number of nitrogens with one attached hydrogen (secondary N) is 2. The van der Waals surface area contributed by atoms with Crippen molar-refractivity contribution in [1.82, 2.24) is 10.6 Å². The van der Waals surface area contributed by atoms with E-state index >= 15 is 0 Å². The summed E-state index contributed by atoms with van der Waals surface area (Å²) in [6.07, 6.45) is 2.28. The molecule has 1 saturated carbocycles. The number of hydrogen-bond donors (Lipinski definition) is 2. The highest BCUT2D eigenvalue weighted by molar-refractivity contribution is 5.78. The molecule has 0 aromatic heterocycles. The molecule has 17 heavy (non-hydrogen) atoms. The third kappa shape index (κ3) is 3.86. The van der Waals surface area contributed by atoms with Gasteiger partial charge in [0.05, 0.1) is 6.54 Å². The van der Waals surface area contributed by atoms with Gasteiger partial charge >= 0.3 is 0 Å². The van der Waals surface area contributed by atoms with E-state index in [-0.39, 0.29) is 5.91 Å². The van der Waals surface area contributed by atoms with Gasteiger partial charge in [0.1, 0.15) is 0 Å². The molecule has 0 aliphatic heterocycles. The van der Waals surface area contributed by atoms with E-state index in [9.17, 15) is 4.79 Å². The Balaban J connectivity index is 1.76. The highest BCUT2D eigenvalue weighted by atomic mass is 16.2. The predicted molar refractivity (Wildman–Crippen MR) is 68.8 cm³/mol. The van der Waals surface area contributed by atoms with Crippen LogP contribution in [0.1, 0.15) is 29.5 Å². The first kappa shape index (κ1) is 12.1. The maximum Gasteiger partial charge on any atom is 0.234 e. The lowest BCUT2D eigenvalue weighted by Gasteiger charge is -2.09. The third-order valence-electron chi connectivity index (χ3n) is 3.05. The van der Waals surface area contributed by atoms with E-state index in [1.54, 1.807) is 0 Å². The Morgan fingerprint density at radius 2 is 2.12 bits per heavy atom. The standard InChI is InChI=1S/C14H20N2O/c1-10-3-4-11(2)12(7-10)8-15-9-14(17)16-13-5-6-13/h3-4,7,13,15H,5-6,8-9H2,1-2H3,(H,16,17). The van der Waals surface area contributed by atoms with Crippen molar-refractivity contribution in [3.63, 3.8) is 0 Å². The summed E-state index contributed by atoms with van der Waals surface area (Å²) in [4.78, 5) is 11.5. The lowest BCUT2D eigenvalue weighted by atomic mass is 10.1. The molecule has 1 aliphatic rings. The third-order valence-corrected chi connectivity index (χ3v) is 3.05. The number of benzene rings is 1. The van der Waals surface area contributed by atoms with Crippen LogP contribution in [-0.4, -0.2) is 18.5 Å². The summed E-state index contributed by atoms with van der Waals surface area (Å²) in [5, 5.41) is 6.16. The van der Waals surface area contributed by atoms with Gasteiger partial charge < -0.3 is 10.6 Å². The highest BCUT2D eigenvalue weighted by Crippen LogP contribution is 2.18. The van der Waals surface area contributed by atoms with Crippen LogP contribution >= 0.6 is 0 Å². The van der Waals surface area contributed by atoms with Crippen molar-refractivity contribution < 1.29 is 4.79 Å². The lowest BCUT2D eigenvalue weighted by Crippen LogP contribution is -2.34. The van der Waals surface area contributed by atoms with Crippen LogP contribution < -0.4 is 10.6 Å². The molecule has 2 rings (SSSR count). The zero-order valence-electron chi connectivity index (χ0n) is 10.5. The van der Waals surface area contributed by atoms with Crippen LogP contribution in [0.5, 0.6) is 0 Å². The Morgan fingerprint density at radius 1 is 1.35 bits per heavy atom. The number of carbonyl (C=O) groups excluding carboxylic acids is 1. The quantitative estimate of drug-likeness (QED) is 0.811. The molecule has 3 heteroatoms. The maximum atomic E-state index is 11.5. The van der Waals surface area contributed by atoms with E-state index in [0.717, 1.165) is 19.4 Å². The van der Waals surface area contributed by atoms with Gasteiger partial charge in [-0.1, -0.05) is 23.8 Å². The van der Waals surface area contributed by atoms with Crippen LogP contribution in [0.3, 0.4) is 0 Å². The number of amides is 1. The van der Waals surface area contributed by atoms with Gasteiger partial charge in [0.15, 0.2) is 0 Å².